The molecule has 0 amide bonds. The minimum atomic E-state index is -0.505. The predicted molar refractivity (Wildman–Crippen MR) is 60.5 cm³/mol. The van der Waals surface area contributed by atoms with Crippen LogP contribution in [0, 0.1) is 0 Å². The summed E-state index contributed by atoms with van der Waals surface area (Å²) >= 11 is 8.91. The van der Waals surface area contributed by atoms with Gasteiger partial charge in [-0.25, -0.2) is 4.79 Å². The molecule has 0 heterocycles. The zero-order valence-corrected chi connectivity index (χ0v) is 10.3. The van der Waals surface area contributed by atoms with Crippen molar-refractivity contribution in [1.82, 2.24) is 0 Å². The van der Waals surface area contributed by atoms with Gasteiger partial charge in [-0.2, -0.15) is 0 Å². The van der Waals surface area contributed by atoms with Gasteiger partial charge in [0.05, 0.1) is 12.2 Å². The summed E-state index contributed by atoms with van der Waals surface area (Å²) in [7, 11) is 0. The number of esters is 1. The first-order valence-electron chi connectivity index (χ1n) is 4.21. The van der Waals surface area contributed by atoms with Crippen LogP contribution in [0.4, 0.5) is 0 Å². The fourth-order valence-corrected chi connectivity index (χ4v) is 1.76. The number of hydrogen-bond acceptors (Lipinski definition) is 3. The molecule has 0 bridgehead atoms. The van der Waals surface area contributed by atoms with E-state index in [-0.39, 0.29) is 12.2 Å². The maximum absolute atomic E-state index is 11.5. The van der Waals surface area contributed by atoms with Crippen LogP contribution < -0.4 is 0 Å². The number of benzene rings is 1. The van der Waals surface area contributed by atoms with Crippen LogP contribution in [0.15, 0.2) is 16.6 Å². The second-order valence-corrected chi connectivity index (χ2v) is 3.92. The average molecular weight is 292 g/mol. The summed E-state index contributed by atoms with van der Waals surface area (Å²) in [6, 6.07) is 2.93. The topological polar surface area (TPSA) is 43.4 Å². The molecule has 0 N–H and O–H groups in total. The monoisotopic (exact) mass is 290 g/mol. The van der Waals surface area contributed by atoms with Crippen molar-refractivity contribution in [2.45, 2.75) is 6.92 Å². The summed E-state index contributed by atoms with van der Waals surface area (Å²) in [6.07, 6.45) is 0.624. The highest BCUT2D eigenvalue weighted by Crippen LogP contribution is 2.25. The number of rotatable bonds is 3. The smallest absolute Gasteiger partial charge is 0.339 e. The molecule has 0 aliphatic carbocycles. The van der Waals surface area contributed by atoms with Crippen LogP contribution in [-0.2, 0) is 4.74 Å². The molecule has 5 heteroatoms. The lowest BCUT2D eigenvalue weighted by Crippen LogP contribution is -2.06. The molecule has 0 saturated carbocycles. The number of halogens is 2. The molecule has 1 aromatic rings. The lowest BCUT2D eigenvalue weighted by atomic mass is 10.1. The Bertz CT molecular complexity index is 404. The minimum absolute atomic E-state index is 0.256. The SMILES string of the molecule is CCOC(=O)c1cc(Cl)cc(C=O)c1Br. The largest absolute Gasteiger partial charge is 0.462 e. The third-order valence-corrected chi connectivity index (χ3v) is 2.79. The Morgan fingerprint density at radius 1 is 1.60 bits per heavy atom. The Morgan fingerprint density at radius 2 is 2.27 bits per heavy atom. The average Bonchev–Trinajstić information content (AvgIpc) is 2.21. The van der Waals surface area contributed by atoms with Gasteiger partial charge in [0, 0.05) is 15.1 Å². The summed E-state index contributed by atoms with van der Waals surface area (Å²) in [5, 5.41) is 0.323. The number of carbonyl (C=O) groups is 2. The summed E-state index contributed by atoms with van der Waals surface area (Å²) in [6.45, 7) is 1.98. The number of hydrogen-bond donors (Lipinski definition) is 0. The van der Waals surface area contributed by atoms with Gasteiger partial charge in [0.25, 0.3) is 0 Å². The molecule has 1 aromatic carbocycles. The summed E-state index contributed by atoms with van der Waals surface area (Å²) < 4.78 is 5.22. The standard InChI is InChI=1S/C10H8BrClO3/c1-2-15-10(14)8-4-7(12)3-6(5-13)9(8)11/h3-5H,2H2,1H3. The van der Waals surface area contributed by atoms with Gasteiger partial charge in [-0.1, -0.05) is 11.6 Å². The number of carbonyl (C=O) groups excluding carboxylic acids is 2. The first kappa shape index (κ1) is 12.2. The molecule has 0 saturated heterocycles. The van der Waals surface area contributed by atoms with Gasteiger partial charge in [-0.05, 0) is 35.0 Å². The second-order valence-electron chi connectivity index (χ2n) is 2.69. The predicted octanol–water partition coefficient (Wildman–Crippen LogP) is 3.09. The summed E-state index contributed by atoms with van der Waals surface area (Å²) in [5.41, 5.74) is 0.581. The van der Waals surface area contributed by atoms with E-state index in [1.54, 1.807) is 6.92 Å². The van der Waals surface area contributed by atoms with Gasteiger partial charge in [0.15, 0.2) is 6.29 Å². The number of aldehydes is 1. The van der Waals surface area contributed by atoms with Crippen LogP contribution in [0.1, 0.15) is 27.6 Å². The molecule has 0 aromatic heterocycles. The highest BCUT2D eigenvalue weighted by atomic mass is 79.9. The molecule has 0 atom stereocenters. The van der Waals surface area contributed by atoms with Crippen molar-refractivity contribution in [3.63, 3.8) is 0 Å². The van der Waals surface area contributed by atoms with Crippen LogP contribution in [0.25, 0.3) is 0 Å². The van der Waals surface area contributed by atoms with Crippen LogP contribution in [-0.4, -0.2) is 18.9 Å². The molecule has 3 nitrogen and oxygen atoms in total. The molecule has 0 spiro atoms. The third kappa shape index (κ3) is 2.79. The highest BCUT2D eigenvalue weighted by molar-refractivity contribution is 9.10. The van der Waals surface area contributed by atoms with E-state index in [1.807, 2.05) is 0 Å². The van der Waals surface area contributed by atoms with Crippen molar-refractivity contribution in [1.29, 1.82) is 0 Å². The lowest BCUT2D eigenvalue weighted by molar-refractivity contribution is 0.0525. The van der Waals surface area contributed by atoms with Crippen molar-refractivity contribution in [3.05, 3.63) is 32.8 Å². The quantitative estimate of drug-likeness (QED) is 0.635. The van der Waals surface area contributed by atoms with E-state index in [2.05, 4.69) is 15.9 Å². The minimum Gasteiger partial charge on any atom is -0.462 e. The Morgan fingerprint density at radius 3 is 2.80 bits per heavy atom. The molecule has 15 heavy (non-hydrogen) atoms. The van der Waals surface area contributed by atoms with E-state index >= 15 is 0 Å². The summed E-state index contributed by atoms with van der Waals surface area (Å²) in [4.78, 5) is 22.1. The zero-order valence-electron chi connectivity index (χ0n) is 7.92. The van der Waals surface area contributed by atoms with E-state index in [1.165, 1.54) is 12.1 Å². The molecule has 0 unspecified atom stereocenters. The summed E-state index contributed by atoms with van der Waals surface area (Å²) in [5.74, 6) is -0.505. The van der Waals surface area contributed by atoms with Crippen LogP contribution in [0.3, 0.4) is 0 Å². The maximum atomic E-state index is 11.5. The maximum Gasteiger partial charge on any atom is 0.339 e. The molecular formula is C10H8BrClO3. The Balaban J connectivity index is 3.22. The second kappa shape index (κ2) is 5.28. The van der Waals surface area contributed by atoms with Gasteiger partial charge in [-0.15, -0.1) is 0 Å². The molecule has 0 fully saturated rings. The fraction of sp³-hybridized carbons (Fsp3) is 0.200. The number of ether oxygens (including phenoxy) is 1. The van der Waals surface area contributed by atoms with Crippen molar-refractivity contribution >= 4 is 39.8 Å². The first-order valence-corrected chi connectivity index (χ1v) is 5.38. The molecule has 1 rings (SSSR count). The van der Waals surface area contributed by atoms with E-state index in [4.69, 9.17) is 16.3 Å². The first-order chi connectivity index (χ1) is 7.10. The zero-order chi connectivity index (χ0) is 11.4. The normalized spacial score (nSPS) is 9.80. The van der Waals surface area contributed by atoms with Gasteiger partial charge < -0.3 is 4.74 Å². The van der Waals surface area contributed by atoms with Gasteiger partial charge in [-0.3, -0.25) is 4.79 Å². The molecule has 0 radical (unpaired) electrons. The van der Waals surface area contributed by atoms with Gasteiger partial charge >= 0.3 is 5.97 Å². The Labute approximate surface area is 100 Å². The van der Waals surface area contributed by atoms with Crippen molar-refractivity contribution in [2.24, 2.45) is 0 Å². The molecular weight excluding hydrogens is 283 g/mol. The molecule has 0 aliphatic rings. The fourth-order valence-electron chi connectivity index (χ4n) is 1.05. The van der Waals surface area contributed by atoms with Crippen molar-refractivity contribution < 1.29 is 14.3 Å². The molecule has 80 valence electrons. The molecule has 0 aliphatic heterocycles. The van der Waals surface area contributed by atoms with E-state index < -0.39 is 5.97 Å². The van der Waals surface area contributed by atoms with E-state index in [9.17, 15) is 9.59 Å². The Hall–Kier alpha value is -0.870. The van der Waals surface area contributed by atoms with Crippen molar-refractivity contribution in [2.75, 3.05) is 6.61 Å². The lowest BCUT2D eigenvalue weighted by Gasteiger charge is -2.06. The van der Waals surface area contributed by atoms with Crippen molar-refractivity contribution in [3.8, 4) is 0 Å². The van der Waals surface area contributed by atoms with Crippen LogP contribution in [0.2, 0.25) is 5.02 Å². The van der Waals surface area contributed by atoms with E-state index in [0.717, 1.165) is 0 Å². The van der Waals surface area contributed by atoms with Gasteiger partial charge in [0.1, 0.15) is 0 Å². The highest BCUT2D eigenvalue weighted by Gasteiger charge is 2.15. The third-order valence-electron chi connectivity index (χ3n) is 1.69. The van der Waals surface area contributed by atoms with Crippen LogP contribution in [0.5, 0.6) is 0 Å². The van der Waals surface area contributed by atoms with Crippen LogP contribution >= 0.6 is 27.5 Å². The Kier molecular flexibility index (Phi) is 4.29. The van der Waals surface area contributed by atoms with E-state index in [0.29, 0.717) is 21.3 Å². The van der Waals surface area contributed by atoms with Gasteiger partial charge in [0.2, 0.25) is 0 Å².